The van der Waals surface area contributed by atoms with Crippen LogP contribution >= 0.6 is 11.6 Å². The average Bonchev–Trinajstić information content (AvgIpc) is 3.54. The zero-order valence-electron chi connectivity index (χ0n) is 15.7. The molecule has 5 nitrogen and oxygen atoms in total. The number of benzene rings is 2. The molecule has 0 unspecified atom stereocenters. The van der Waals surface area contributed by atoms with E-state index in [-0.39, 0.29) is 11.8 Å². The minimum atomic E-state index is -0.854. The zero-order chi connectivity index (χ0) is 19.6. The monoisotopic (exact) mass is 397 g/mol. The van der Waals surface area contributed by atoms with E-state index in [0.717, 1.165) is 24.3 Å². The first-order valence-corrected chi connectivity index (χ1v) is 10.1. The maximum atomic E-state index is 13.1. The van der Waals surface area contributed by atoms with Crippen molar-refractivity contribution in [2.45, 2.75) is 19.4 Å². The van der Waals surface area contributed by atoms with Gasteiger partial charge in [-0.15, -0.1) is 0 Å². The summed E-state index contributed by atoms with van der Waals surface area (Å²) in [6.07, 6.45) is 1.28. The number of anilines is 1. The lowest BCUT2D eigenvalue weighted by atomic mass is 10.0. The van der Waals surface area contributed by atoms with Crippen LogP contribution in [0.15, 0.2) is 54.6 Å². The van der Waals surface area contributed by atoms with Crippen molar-refractivity contribution in [3.8, 4) is 0 Å². The number of nitrogens with zero attached hydrogens (tertiary/aromatic N) is 2. The Labute approximate surface area is 170 Å². The van der Waals surface area contributed by atoms with Gasteiger partial charge in [0.2, 0.25) is 11.8 Å². The Morgan fingerprint density at radius 3 is 2.32 bits per heavy atom. The van der Waals surface area contributed by atoms with Crippen LogP contribution in [-0.4, -0.2) is 42.9 Å². The van der Waals surface area contributed by atoms with E-state index >= 15 is 0 Å². The molecule has 2 aliphatic rings. The second kappa shape index (κ2) is 7.84. The fraction of sp³-hybridized carbons (Fsp3) is 0.364. The van der Waals surface area contributed by atoms with Gasteiger partial charge in [-0.3, -0.25) is 9.59 Å². The Balaban J connectivity index is 1.33. The van der Waals surface area contributed by atoms with E-state index in [9.17, 15) is 9.59 Å². The van der Waals surface area contributed by atoms with E-state index < -0.39 is 5.41 Å². The van der Waals surface area contributed by atoms with Crippen LogP contribution in [0.25, 0.3) is 0 Å². The molecule has 6 heteroatoms. The highest BCUT2D eigenvalue weighted by Gasteiger charge is 2.58. The van der Waals surface area contributed by atoms with Crippen molar-refractivity contribution in [2.24, 2.45) is 5.41 Å². The fourth-order valence-electron chi connectivity index (χ4n) is 3.75. The molecule has 0 bridgehead atoms. The van der Waals surface area contributed by atoms with Crippen molar-refractivity contribution in [2.75, 3.05) is 31.1 Å². The number of carbonyl (C=O) groups excluding carboxylic acids is 2. The lowest BCUT2D eigenvalue weighted by Gasteiger charge is -2.37. The summed E-state index contributed by atoms with van der Waals surface area (Å²) in [4.78, 5) is 29.9. The van der Waals surface area contributed by atoms with E-state index in [1.54, 1.807) is 0 Å². The molecule has 1 heterocycles. The number of carbonyl (C=O) groups is 2. The molecule has 2 aromatic rings. The first-order valence-electron chi connectivity index (χ1n) is 9.71. The molecule has 0 atom stereocenters. The molecular formula is C22H24ClN3O2. The summed E-state index contributed by atoms with van der Waals surface area (Å²) < 4.78 is 0. The van der Waals surface area contributed by atoms with Crippen LogP contribution in [0, 0.1) is 5.41 Å². The van der Waals surface area contributed by atoms with Crippen molar-refractivity contribution >= 4 is 29.1 Å². The maximum absolute atomic E-state index is 13.1. The van der Waals surface area contributed by atoms with Gasteiger partial charge in [0.05, 0.1) is 0 Å². The first-order chi connectivity index (χ1) is 13.6. The summed E-state index contributed by atoms with van der Waals surface area (Å²) in [6.45, 7) is 3.19. The van der Waals surface area contributed by atoms with Gasteiger partial charge in [0.15, 0.2) is 0 Å². The van der Waals surface area contributed by atoms with Crippen LogP contribution < -0.4 is 10.2 Å². The van der Waals surface area contributed by atoms with Crippen molar-refractivity contribution in [3.05, 3.63) is 65.2 Å². The van der Waals surface area contributed by atoms with Gasteiger partial charge in [-0.05, 0) is 36.6 Å². The molecular weight excluding hydrogens is 374 g/mol. The second-order valence-corrected chi connectivity index (χ2v) is 7.95. The van der Waals surface area contributed by atoms with E-state index in [0.29, 0.717) is 37.5 Å². The molecule has 1 aliphatic heterocycles. The van der Waals surface area contributed by atoms with E-state index in [1.807, 2.05) is 59.5 Å². The number of hydrogen-bond acceptors (Lipinski definition) is 3. The second-order valence-electron chi connectivity index (χ2n) is 7.51. The summed E-state index contributed by atoms with van der Waals surface area (Å²) in [7, 11) is 0. The molecule has 0 aromatic heterocycles. The summed E-state index contributed by atoms with van der Waals surface area (Å²) in [5, 5.41) is 3.66. The third-order valence-electron chi connectivity index (χ3n) is 5.63. The number of hydrogen-bond donors (Lipinski definition) is 1. The Morgan fingerprint density at radius 1 is 0.964 bits per heavy atom. The lowest BCUT2D eigenvalue weighted by Crippen LogP contribution is -2.53. The number of amides is 2. The molecule has 28 heavy (non-hydrogen) atoms. The van der Waals surface area contributed by atoms with Gasteiger partial charge in [0.25, 0.3) is 0 Å². The number of nitrogens with one attached hydrogen (secondary N) is 1. The van der Waals surface area contributed by atoms with Crippen LogP contribution in [0.1, 0.15) is 18.4 Å². The molecule has 1 aliphatic carbocycles. The Hall–Kier alpha value is -2.53. The number of rotatable bonds is 5. The third kappa shape index (κ3) is 3.85. The standard InChI is InChI=1S/C22H24ClN3O2/c23-18-7-4-8-19(15-18)25-11-13-26(14-12-25)21(28)22(9-10-22)20(27)24-16-17-5-2-1-3-6-17/h1-8,15H,9-14,16H2,(H,24,27). The van der Waals surface area contributed by atoms with Gasteiger partial charge in [-0.25, -0.2) is 0 Å². The maximum Gasteiger partial charge on any atom is 0.238 e. The summed E-state index contributed by atoms with van der Waals surface area (Å²) in [6, 6.07) is 17.5. The van der Waals surface area contributed by atoms with Gasteiger partial charge in [0.1, 0.15) is 5.41 Å². The highest BCUT2D eigenvalue weighted by Crippen LogP contribution is 2.47. The fourth-order valence-corrected chi connectivity index (χ4v) is 3.94. The third-order valence-corrected chi connectivity index (χ3v) is 5.87. The van der Waals surface area contributed by atoms with Crippen LogP contribution in [0.4, 0.5) is 5.69 Å². The van der Waals surface area contributed by atoms with E-state index in [1.165, 1.54) is 0 Å². The van der Waals surface area contributed by atoms with Gasteiger partial charge >= 0.3 is 0 Å². The van der Waals surface area contributed by atoms with Crippen LogP contribution in [-0.2, 0) is 16.1 Å². The minimum absolute atomic E-state index is 0.0243. The highest BCUT2D eigenvalue weighted by molar-refractivity contribution is 6.30. The van der Waals surface area contributed by atoms with Gasteiger partial charge < -0.3 is 15.1 Å². The van der Waals surface area contributed by atoms with Crippen molar-refractivity contribution in [3.63, 3.8) is 0 Å². The molecule has 1 N–H and O–H groups in total. The highest BCUT2D eigenvalue weighted by atomic mass is 35.5. The van der Waals surface area contributed by atoms with Crippen molar-refractivity contribution < 1.29 is 9.59 Å². The molecule has 146 valence electrons. The smallest absolute Gasteiger partial charge is 0.238 e. The van der Waals surface area contributed by atoms with Crippen molar-refractivity contribution in [1.82, 2.24) is 10.2 Å². The predicted octanol–water partition coefficient (Wildman–Crippen LogP) is 3.09. The van der Waals surface area contributed by atoms with Gasteiger partial charge in [0, 0.05) is 43.4 Å². The summed E-state index contributed by atoms with van der Waals surface area (Å²) in [5.74, 6) is -0.164. The van der Waals surface area contributed by atoms with Gasteiger partial charge in [-0.2, -0.15) is 0 Å². The average molecular weight is 398 g/mol. The largest absolute Gasteiger partial charge is 0.368 e. The molecule has 1 saturated heterocycles. The SMILES string of the molecule is O=C(NCc1ccccc1)C1(C(=O)N2CCN(c3cccc(Cl)c3)CC2)CC1. The molecule has 2 amide bonds. The molecule has 2 aromatic carbocycles. The molecule has 1 saturated carbocycles. The topological polar surface area (TPSA) is 52.7 Å². The van der Waals surface area contributed by atoms with E-state index in [4.69, 9.17) is 11.6 Å². The molecule has 0 radical (unpaired) electrons. The molecule has 0 spiro atoms. The first kappa shape index (κ1) is 18.8. The lowest BCUT2D eigenvalue weighted by molar-refractivity contribution is -0.144. The molecule has 2 fully saturated rings. The van der Waals surface area contributed by atoms with Crippen LogP contribution in [0.5, 0.6) is 0 Å². The van der Waals surface area contributed by atoms with Crippen LogP contribution in [0.3, 0.4) is 0 Å². The van der Waals surface area contributed by atoms with E-state index in [2.05, 4.69) is 10.2 Å². The Bertz CT molecular complexity index is 859. The van der Waals surface area contributed by atoms with Gasteiger partial charge in [-0.1, -0.05) is 48.0 Å². The van der Waals surface area contributed by atoms with Crippen LogP contribution in [0.2, 0.25) is 5.02 Å². The Kier molecular flexibility index (Phi) is 5.27. The number of halogens is 1. The minimum Gasteiger partial charge on any atom is -0.368 e. The number of piperazine rings is 1. The quantitative estimate of drug-likeness (QED) is 0.789. The predicted molar refractivity (Wildman–Crippen MR) is 110 cm³/mol. The Morgan fingerprint density at radius 2 is 1.68 bits per heavy atom. The summed E-state index contributed by atoms with van der Waals surface area (Å²) in [5.41, 5.74) is 1.25. The summed E-state index contributed by atoms with van der Waals surface area (Å²) >= 11 is 6.08. The molecule has 4 rings (SSSR count). The normalized spacial score (nSPS) is 17.9. The zero-order valence-corrected chi connectivity index (χ0v) is 16.5. The van der Waals surface area contributed by atoms with Crippen molar-refractivity contribution in [1.29, 1.82) is 0 Å².